The second-order valence-corrected chi connectivity index (χ2v) is 6.80. The summed E-state index contributed by atoms with van der Waals surface area (Å²) in [5.41, 5.74) is 3.60. The molecule has 0 spiro atoms. The van der Waals surface area contributed by atoms with E-state index in [0.717, 1.165) is 29.5 Å². The SMILES string of the molecule is CSC(C)C(=O)N1CCCc2cc(Br)cc(C)c21. The number of aryl methyl sites for hydroxylation is 2. The lowest BCUT2D eigenvalue weighted by atomic mass is 9.98. The number of thioether (sulfide) groups is 1. The number of carbonyl (C=O) groups is 1. The molecule has 1 aliphatic heterocycles. The van der Waals surface area contributed by atoms with Crippen molar-refractivity contribution in [2.75, 3.05) is 17.7 Å². The predicted octanol–water partition coefficient (Wildman–Crippen LogP) is 3.79. The molecule has 0 aliphatic carbocycles. The van der Waals surface area contributed by atoms with E-state index in [1.165, 1.54) is 11.1 Å². The van der Waals surface area contributed by atoms with Crippen LogP contribution in [-0.4, -0.2) is 24.0 Å². The first-order valence-electron chi connectivity index (χ1n) is 6.17. The molecule has 1 aromatic carbocycles. The van der Waals surface area contributed by atoms with E-state index in [0.29, 0.717) is 0 Å². The number of fused-ring (bicyclic) bond motifs is 1. The Morgan fingerprint density at radius 1 is 1.50 bits per heavy atom. The number of hydrogen-bond donors (Lipinski definition) is 0. The minimum Gasteiger partial charge on any atom is -0.311 e. The van der Waals surface area contributed by atoms with Gasteiger partial charge in [-0.25, -0.2) is 0 Å². The molecule has 1 aliphatic rings. The van der Waals surface area contributed by atoms with E-state index >= 15 is 0 Å². The fraction of sp³-hybridized carbons (Fsp3) is 0.500. The Kier molecular flexibility index (Phi) is 4.38. The standard InChI is InChI=1S/C14H18BrNOS/c1-9-7-12(15)8-11-5-4-6-16(13(9)11)14(17)10(2)18-3/h7-8,10H,4-6H2,1-3H3. The third-order valence-corrected chi connectivity index (χ3v) is 4.78. The summed E-state index contributed by atoms with van der Waals surface area (Å²) in [4.78, 5) is 14.4. The highest BCUT2D eigenvalue weighted by atomic mass is 79.9. The smallest absolute Gasteiger partial charge is 0.239 e. The lowest BCUT2D eigenvalue weighted by Gasteiger charge is -2.32. The van der Waals surface area contributed by atoms with Gasteiger partial charge in [0.2, 0.25) is 5.91 Å². The number of rotatable bonds is 2. The van der Waals surface area contributed by atoms with Crippen molar-refractivity contribution in [2.45, 2.75) is 31.9 Å². The van der Waals surface area contributed by atoms with Gasteiger partial charge in [0, 0.05) is 16.7 Å². The molecule has 1 heterocycles. The summed E-state index contributed by atoms with van der Waals surface area (Å²) >= 11 is 5.14. The number of amides is 1. The van der Waals surface area contributed by atoms with Gasteiger partial charge in [0.15, 0.2) is 0 Å². The lowest BCUT2D eigenvalue weighted by Crippen LogP contribution is -2.40. The van der Waals surface area contributed by atoms with Crippen LogP contribution in [-0.2, 0) is 11.2 Å². The summed E-state index contributed by atoms with van der Waals surface area (Å²) < 4.78 is 1.10. The fourth-order valence-electron chi connectivity index (χ4n) is 2.46. The highest BCUT2D eigenvalue weighted by molar-refractivity contribution is 9.10. The summed E-state index contributed by atoms with van der Waals surface area (Å²) in [6.45, 7) is 4.91. The number of hydrogen-bond acceptors (Lipinski definition) is 2. The van der Waals surface area contributed by atoms with Crippen molar-refractivity contribution >= 4 is 39.3 Å². The van der Waals surface area contributed by atoms with Crippen LogP contribution in [0, 0.1) is 6.92 Å². The molecule has 98 valence electrons. The van der Waals surface area contributed by atoms with Crippen molar-refractivity contribution in [3.05, 3.63) is 27.7 Å². The van der Waals surface area contributed by atoms with Gasteiger partial charge in [-0.15, -0.1) is 0 Å². The lowest BCUT2D eigenvalue weighted by molar-refractivity contribution is -0.117. The molecular formula is C14H18BrNOS. The molecule has 0 saturated carbocycles. The minimum absolute atomic E-state index is 0.0268. The molecule has 0 fully saturated rings. The van der Waals surface area contributed by atoms with E-state index in [1.807, 2.05) is 18.1 Å². The summed E-state index contributed by atoms with van der Waals surface area (Å²) in [5, 5.41) is 0.0268. The predicted molar refractivity (Wildman–Crippen MR) is 82.5 cm³/mol. The molecule has 4 heteroatoms. The van der Waals surface area contributed by atoms with Crippen LogP contribution in [0.25, 0.3) is 0 Å². The zero-order valence-corrected chi connectivity index (χ0v) is 13.4. The second kappa shape index (κ2) is 5.66. The zero-order valence-electron chi connectivity index (χ0n) is 11.0. The van der Waals surface area contributed by atoms with Gasteiger partial charge in [-0.1, -0.05) is 15.9 Å². The summed E-state index contributed by atoms with van der Waals surface area (Å²) in [5.74, 6) is 0.230. The van der Waals surface area contributed by atoms with Crippen molar-refractivity contribution in [3.8, 4) is 0 Å². The van der Waals surface area contributed by atoms with E-state index in [1.54, 1.807) is 11.8 Å². The Morgan fingerprint density at radius 3 is 2.89 bits per heavy atom. The Bertz CT molecular complexity index is 475. The van der Waals surface area contributed by atoms with Gasteiger partial charge in [0.1, 0.15) is 0 Å². The largest absolute Gasteiger partial charge is 0.311 e. The first kappa shape index (κ1) is 13.9. The third-order valence-electron chi connectivity index (χ3n) is 3.41. The Morgan fingerprint density at radius 2 is 2.22 bits per heavy atom. The van der Waals surface area contributed by atoms with Crippen LogP contribution in [0.2, 0.25) is 0 Å². The van der Waals surface area contributed by atoms with Gasteiger partial charge >= 0.3 is 0 Å². The minimum atomic E-state index is 0.0268. The highest BCUT2D eigenvalue weighted by Crippen LogP contribution is 2.34. The average molecular weight is 328 g/mol. The average Bonchev–Trinajstić information content (AvgIpc) is 2.35. The maximum absolute atomic E-state index is 12.4. The normalized spacial score (nSPS) is 16.3. The molecule has 0 bridgehead atoms. The van der Waals surface area contributed by atoms with E-state index in [-0.39, 0.29) is 11.2 Å². The number of halogens is 1. The number of nitrogens with zero attached hydrogens (tertiary/aromatic N) is 1. The maximum atomic E-state index is 12.4. The molecule has 2 rings (SSSR count). The molecule has 2 nitrogen and oxygen atoms in total. The molecule has 0 N–H and O–H groups in total. The molecule has 0 radical (unpaired) electrons. The quantitative estimate of drug-likeness (QED) is 0.823. The molecular weight excluding hydrogens is 310 g/mol. The molecule has 0 saturated heterocycles. The van der Waals surface area contributed by atoms with Gasteiger partial charge < -0.3 is 4.90 Å². The Balaban J connectivity index is 2.42. The van der Waals surface area contributed by atoms with Gasteiger partial charge in [0.25, 0.3) is 0 Å². The second-order valence-electron chi connectivity index (χ2n) is 4.70. The molecule has 1 atom stereocenters. The van der Waals surface area contributed by atoms with Crippen LogP contribution in [0.5, 0.6) is 0 Å². The van der Waals surface area contributed by atoms with Crippen LogP contribution < -0.4 is 4.90 Å². The van der Waals surface area contributed by atoms with Crippen LogP contribution in [0.15, 0.2) is 16.6 Å². The van der Waals surface area contributed by atoms with E-state index in [9.17, 15) is 4.79 Å². The molecule has 1 unspecified atom stereocenters. The van der Waals surface area contributed by atoms with Gasteiger partial charge in [-0.2, -0.15) is 11.8 Å². The van der Waals surface area contributed by atoms with E-state index in [2.05, 4.69) is 35.0 Å². The Labute approximate surface area is 121 Å². The fourth-order valence-corrected chi connectivity index (χ4v) is 3.41. The number of benzene rings is 1. The summed E-state index contributed by atoms with van der Waals surface area (Å²) in [6.07, 6.45) is 4.10. The molecule has 18 heavy (non-hydrogen) atoms. The van der Waals surface area contributed by atoms with Crippen molar-refractivity contribution in [1.29, 1.82) is 0 Å². The van der Waals surface area contributed by atoms with Crippen LogP contribution in [0.1, 0.15) is 24.5 Å². The zero-order chi connectivity index (χ0) is 13.3. The summed E-state index contributed by atoms with van der Waals surface area (Å²) in [7, 11) is 0. The van der Waals surface area contributed by atoms with Gasteiger partial charge in [-0.3, -0.25) is 4.79 Å². The van der Waals surface area contributed by atoms with Crippen LogP contribution in [0.3, 0.4) is 0 Å². The van der Waals surface area contributed by atoms with Crippen molar-refractivity contribution in [3.63, 3.8) is 0 Å². The first-order chi connectivity index (χ1) is 8.54. The molecule has 0 aromatic heterocycles. The van der Waals surface area contributed by atoms with Crippen molar-refractivity contribution in [1.82, 2.24) is 0 Å². The van der Waals surface area contributed by atoms with Crippen molar-refractivity contribution in [2.24, 2.45) is 0 Å². The van der Waals surface area contributed by atoms with E-state index in [4.69, 9.17) is 0 Å². The van der Waals surface area contributed by atoms with E-state index < -0.39 is 0 Å². The topological polar surface area (TPSA) is 20.3 Å². The van der Waals surface area contributed by atoms with Crippen LogP contribution in [0.4, 0.5) is 5.69 Å². The monoisotopic (exact) mass is 327 g/mol. The Hall–Kier alpha value is -0.480. The maximum Gasteiger partial charge on any atom is 0.239 e. The highest BCUT2D eigenvalue weighted by Gasteiger charge is 2.27. The first-order valence-corrected chi connectivity index (χ1v) is 8.26. The number of anilines is 1. The third kappa shape index (κ3) is 2.59. The molecule has 1 aromatic rings. The van der Waals surface area contributed by atoms with Crippen molar-refractivity contribution < 1.29 is 4.79 Å². The summed E-state index contributed by atoms with van der Waals surface area (Å²) in [6, 6.07) is 4.24. The number of carbonyl (C=O) groups excluding carboxylic acids is 1. The van der Waals surface area contributed by atoms with Gasteiger partial charge in [-0.05, 0) is 56.2 Å². The van der Waals surface area contributed by atoms with Gasteiger partial charge in [0.05, 0.1) is 5.25 Å². The molecule has 1 amide bonds. The van der Waals surface area contributed by atoms with Crippen LogP contribution >= 0.6 is 27.7 Å².